The van der Waals surface area contributed by atoms with E-state index in [-0.39, 0.29) is 19.1 Å². The van der Waals surface area contributed by atoms with Gasteiger partial charge in [0.15, 0.2) is 0 Å². The molecule has 0 N–H and O–H groups in total. The minimum absolute atomic E-state index is 0.208. The molecular formula is C12H22O5. The third-order valence-electron chi connectivity index (χ3n) is 1.78. The lowest BCUT2D eigenvalue weighted by atomic mass is 10.2. The van der Waals surface area contributed by atoms with Gasteiger partial charge in [-0.05, 0) is 12.3 Å². The molecule has 17 heavy (non-hydrogen) atoms. The van der Waals surface area contributed by atoms with E-state index in [0.717, 1.165) is 12.8 Å². The van der Waals surface area contributed by atoms with E-state index in [9.17, 15) is 9.59 Å². The van der Waals surface area contributed by atoms with E-state index in [2.05, 4.69) is 0 Å². The number of hydrogen-bond acceptors (Lipinski definition) is 5. The topological polar surface area (TPSA) is 61.8 Å². The van der Waals surface area contributed by atoms with Crippen LogP contribution in [-0.4, -0.2) is 38.4 Å². The SMILES string of the molecule is CCCCOC(=O)COCC(=O)OCC(C)C. The first kappa shape index (κ1) is 15.9. The molecule has 0 rings (SSSR count). The number of ether oxygens (including phenoxy) is 3. The molecule has 100 valence electrons. The van der Waals surface area contributed by atoms with Crippen molar-refractivity contribution in [2.45, 2.75) is 33.6 Å². The van der Waals surface area contributed by atoms with Crippen LogP contribution in [0.25, 0.3) is 0 Å². The summed E-state index contributed by atoms with van der Waals surface area (Å²) in [6.45, 7) is 6.24. The van der Waals surface area contributed by atoms with Crippen molar-refractivity contribution >= 4 is 11.9 Å². The Hall–Kier alpha value is -1.10. The average molecular weight is 246 g/mol. The van der Waals surface area contributed by atoms with Gasteiger partial charge in [0.2, 0.25) is 0 Å². The number of hydrogen-bond donors (Lipinski definition) is 0. The van der Waals surface area contributed by atoms with Gasteiger partial charge in [0.25, 0.3) is 0 Å². The van der Waals surface area contributed by atoms with Crippen LogP contribution in [0.3, 0.4) is 0 Å². The maximum absolute atomic E-state index is 11.1. The van der Waals surface area contributed by atoms with Crippen molar-refractivity contribution in [1.82, 2.24) is 0 Å². The predicted molar refractivity (Wildman–Crippen MR) is 62.5 cm³/mol. The van der Waals surface area contributed by atoms with Crippen LogP contribution < -0.4 is 0 Å². The summed E-state index contributed by atoms with van der Waals surface area (Å²) in [6.07, 6.45) is 1.80. The second-order valence-electron chi connectivity index (χ2n) is 4.14. The predicted octanol–water partition coefficient (Wildman–Crippen LogP) is 1.55. The van der Waals surface area contributed by atoms with Crippen LogP contribution >= 0.6 is 0 Å². The lowest BCUT2D eigenvalue weighted by molar-refractivity contribution is -0.156. The second-order valence-corrected chi connectivity index (χ2v) is 4.14. The normalized spacial score (nSPS) is 10.4. The fourth-order valence-corrected chi connectivity index (χ4v) is 0.891. The zero-order valence-corrected chi connectivity index (χ0v) is 10.9. The zero-order chi connectivity index (χ0) is 13.1. The summed E-state index contributed by atoms with van der Waals surface area (Å²) in [5.41, 5.74) is 0. The molecule has 0 aromatic carbocycles. The van der Waals surface area contributed by atoms with Gasteiger partial charge in [-0.25, -0.2) is 9.59 Å². The van der Waals surface area contributed by atoms with Crippen LogP contribution in [0.4, 0.5) is 0 Å². The first-order chi connectivity index (χ1) is 8.06. The van der Waals surface area contributed by atoms with Gasteiger partial charge >= 0.3 is 11.9 Å². The lowest BCUT2D eigenvalue weighted by Gasteiger charge is -2.07. The van der Waals surface area contributed by atoms with Crippen LogP contribution in [-0.2, 0) is 23.8 Å². The molecule has 0 bridgehead atoms. The Morgan fingerprint density at radius 2 is 1.65 bits per heavy atom. The Labute approximate surface area is 102 Å². The lowest BCUT2D eigenvalue weighted by Crippen LogP contribution is -2.20. The first-order valence-corrected chi connectivity index (χ1v) is 5.95. The van der Waals surface area contributed by atoms with Crippen LogP contribution in [0.15, 0.2) is 0 Å². The van der Waals surface area contributed by atoms with E-state index in [4.69, 9.17) is 14.2 Å². The molecule has 0 radical (unpaired) electrons. The maximum Gasteiger partial charge on any atom is 0.332 e. The van der Waals surface area contributed by atoms with Crippen LogP contribution in [0.1, 0.15) is 33.6 Å². The van der Waals surface area contributed by atoms with Gasteiger partial charge in [-0.1, -0.05) is 27.2 Å². The molecule has 0 unspecified atom stereocenters. The Kier molecular flexibility index (Phi) is 9.43. The van der Waals surface area contributed by atoms with E-state index in [1.54, 1.807) is 0 Å². The Morgan fingerprint density at radius 1 is 1.06 bits per heavy atom. The van der Waals surface area contributed by atoms with Gasteiger partial charge in [-0.2, -0.15) is 0 Å². The molecule has 0 aliphatic carbocycles. The van der Waals surface area contributed by atoms with Gasteiger partial charge in [0, 0.05) is 0 Å². The molecule has 0 aliphatic rings. The summed E-state index contributed by atoms with van der Waals surface area (Å²) in [6, 6.07) is 0. The Bertz CT molecular complexity index is 225. The summed E-state index contributed by atoms with van der Waals surface area (Å²) in [7, 11) is 0. The van der Waals surface area contributed by atoms with Crippen molar-refractivity contribution < 1.29 is 23.8 Å². The number of carbonyl (C=O) groups excluding carboxylic acids is 2. The summed E-state index contributed by atoms with van der Waals surface area (Å²) >= 11 is 0. The Balaban J connectivity index is 3.42. The second kappa shape index (κ2) is 10.1. The fourth-order valence-electron chi connectivity index (χ4n) is 0.891. The molecule has 5 nitrogen and oxygen atoms in total. The highest BCUT2D eigenvalue weighted by molar-refractivity contribution is 5.73. The molecule has 0 saturated heterocycles. The third kappa shape index (κ3) is 11.2. The van der Waals surface area contributed by atoms with Crippen LogP contribution in [0.5, 0.6) is 0 Å². The van der Waals surface area contributed by atoms with Crippen molar-refractivity contribution in [3.63, 3.8) is 0 Å². The zero-order valence-electron chi connectivity index (χ0n) is 10.9. The van der Waals surface area contributed by atoms with Crippen molar-refractivity contribution in [1.29, 1.82) is 0 Å². The fraction of sp³-hybridized carbons (Fsp3) is 0.833. The molecule has 0 atom stereocenters. The quantitative estimate of drug-likeness (QED) is 0.456. The molecule has 0 spiro atoms. The van der Waals surface area contributed by atoms with E-state index < -0.39 is 11.9 Å². The molecule has 5 heteroatoms. The number of carbonyl (C=O) groups is 2. The van der Waals surface area contributed by atoms with Crippen molar-refractivity contribution in [2.24, 2.45) is 5.92 Å². The minimum Gasteiger partial charge on any atom is -0.464 e. The summed E-state index contributed by atoms with van der Waals surface area (Å²) in [5, 5.41) is 0. The van der Waals surface area contributed by atoms with E-state index in [0.29, 0.717) is 13.2 Å². The molecule has 0 amide bonds. The van der Waals surface area contributed by atoms with Gasteiger partial charge < -0.3 is 14.2 Å². The van der Waals surface area contributed by atoms with Gasteiger partial charge in [0.1, 0.15) is 13.2 Å². The molecule has 0 aliphatic heterocycles. The third-order valence-corrected chi connectivity index (χ3v) is 1.78. The van der Waals surface area contributed by atoms with Crippen molar-refractivity contribution in [3.8, 4) is 0 Å². The maximum atomic E-state index is 11.1. The highest BCUT2D eigenvalue weighted by atomic mass is 16.6. The largest absolute Gasteiger partial charge is 0.464 e. The molecule has 0 heterocycles. The monoisotopic (exact) mass is 246 g/mol. The van der Waals surface area contributed by atoms with E-state index >= 15 is 0 Å². The first-order valence-electron chi connectivity index (χ1n) is 5.95. The summed E-state index contributed by atoms with van der Waals surface area (Å²) < 4.78 is 14.6. The summed E-state index contributed by atoms with van der Waals surface area (Å²) in [4.78, 5) is 22.2. The van der Waals surface area contributed by atoms with Crippen molar-refractivity contribution in [3.05, 3.63) is 0 Å². The van der Waals surface area contributed by atoms with Gasteiger partial charge in [-0.15, -0.1) is 0 Å². The standard InChI is InChI=1S/C12H22O5/c1-4-5-6-16-11(13)8-15-9-12(14)17-7-10(2)3/h10H,4-9H2,1-3H3. The molecule has 0 aromatic rings. The van der Waals surface area contributed by atoms with Crippen LogP contribution in [0, 0.1) is 5.92 Å². The highest BCUT2D eigenvalue weighted by Gasteiger charge is 2.07. The molecule has 0 aromatic heterocycles. The highest BCUT2D eigenvalue weighted by Crippen LogP contribution is 1.94. The number of unbranched alkanes of at least 4 members (excludes halogenated alkanes) is 1. The van der Waals surface area contributed by atoms with E-state index in [1.807, 2.05) is 20.8 Å². The van der Waals surface area contributed by atoms with E-state index in [1.165, 1.54) is 0 Å². The summed E-state index contributed by atoms with van der Waals surface area (Å²) in [5.74, 6) is -0.617. The number of rotatable bonds is 9. The number of esters is 2. The average Bonchev–Trinajstić information content (AvgIpc) is 2.27. The molecule has 0 fully saturated rings. The minimum atomic E-state index is -0.458. The molecular weight excluding hydrogens is 224 g/mol. The molecule has 0 saturated carbocycles. The smallest absolute Gasteiger partial charge is 0.332 e. The van der Waals surface area contributed by atoms with Gasteiger partial charge in [-0.3, -0.25) is 0 Å². The van der Waals surface area contributed by atoms with Gasteiger partial charge in [0.05, 0.1) is 13.2 Å². The van der Waals surface area contributed by atoms with Crippen molar-refractivity contribution in [2.75, 3.05) is 26.4 Å². The Morgan fingerprint density at radius 3 is 2.18 bits per heavy atom. The van der Waals surface area contributed by atoms with Crippen LogP contribution in [0.2, 0.25) is 0 Å².